The number of rotatable bonds is 1. The van der Waals surface area contributed by atoms with Gasteiger partial charge in [-0.05, 0) is 42.1 Å². The summed E-state index contributed by atoms with van der Waals surface area (Å²) in [4.78, 5) is 5.58. The summed E-state index contributed by atoms with van der Waals surface area (Å²) in [6, 6.07) is 2.09. The van der Waals surface area contributed by atoms with Gasteiger partial charge in [0.25, 0.3) is 0 Å². The van der Waals surface area contributed by atoms with Gasteiger partial charge in [0.1, 0.15) is 0 Å². The van der Waals surface area contributed by atoms with Crippen molar-refractivity contribution in [1.82, 2.24) is 4.98 Å². The molecule has 0 saturated heterocycles. The highest BCUT2D eigenvalue weighted by Crippen LogP contribution is 2.27. The molecule has 1 rings (SSSR count). The summed E-state index contributed by atoms with van der Waals surface area (Å²) in [6.45, 7) is 4.02. The Morgan fingerprint density at radius 3 is 2.64 bits per heavy atom. The van der Waals surface area contributed by atoms with Crippen LogP contribution in [0.3, 0.4) is 0 Å². The van der Waals surface area contributed by atoms with E-state index in [1.54, 1.807) is 11.8 Å². The highest BCUT2D eigenvalue weighted by molar-refractivity contribution is 9.10. The highest BCUT2D eigenvalue weighted by atomic mass is 79.9. The van der Waals surface area contributed by atoms with E-state index < -0.39 is 0 Å². The number of halogens is 1. The second kappa shape index (κ2) is 3.59. The Labute approximate surface area is 79.7 Å². The predicted octanol–water partition coefficient (Wildman–Crippen LogP) is 3.18. The van der Waals surface area contributed by atoms with Crippen molar-refractivity contribution in [3.05, 3.63) is 21.9 Å². The van der Waals surface area contributed by atoms with Gasteiger partial charge in [-0.15, -0.1) is 11.8 Å². The van der Waals surface area contributed by atoms with Crippen LogP contribution in [0, 0.1) is 13.8 Å². The molecule has 0 amide bonds. The van der Waals surface area contributed by atoms with Crippen LogP contribution in [0.2, 0.25) is 0 Å². The molecule has 1 aromatic rings. The molecule has 0 fully saturated rings. The SMILES string of the molecule is CSc1cc(C)nc(C)c1Br. The normalized spacial score (nSPS) is 10.2. The summed E-state index contributed by atoms with van der Waals surface area (Å²) in [5, 5.41) is 0. The Balaban J connectivity index is 3.24. The summed E-state index contributed by atoms with van der Waals surface area (Å²) < 4.78 is 1.12. The Hall–Kier alpha value is -0.0200. The maximum Gasteiger partial charge on any atom is 0.0529 e. The number of nitrogens with zero attached hydrogens (tertiary/aromatic N) is 1. The van der Waals surface area contributed by atoms with Crippen LogP contribution in [0.4, 0.5) is 0 Å². The van der Waals surface area contributed by atoms with Crippen molar-refractivity contribution < 1.29 is 0 Å². The summed E-state index contributed by atoms with van der Waals surface area (Å²) in [5.41, 5.74) is 2.14. The van der Waals surface area contributed by atoms with Crippen LogP contribution in [0.1, 0.15) is 11.4 Å². The molecular formula is C8H10BrNS. The molecule has 0 radical (unpaired) electrons. The minimum atomic E-state index is 1.06. The van der Waals surface area contributed by atoms with Crippen molar-refractivity contribution in [1.29, 1.82) is 0 Å². The molecule has 0 aliphatic heterocycles. The molecule has 0 atom stereocenters. The van der Waals surface area contributed by atoms with Crippen LogP contribution in [-0.2, 0) is 0 Å². The minimum absolute atomic E-state index is 1.06. The largest absolute Gasteiger partial charge is 0.257 e. The van der Waals surface area contributed by atoms with E-state index in [2.05, 4.69) is 33.2 Å². The van der Waals surface area contributed by atoms with Crippen LogP contribution in [0.25, 0.3) is 0 Å². The Kier molecular flexibility index (Phi) is 2.96. The molecule has 0 aliphatic rings. The average Bonchev–Trinajstić information content (AvgIpc) is 1.96. The quantitative estimate of drug-likeness (QED) is 0.689. The topological polar surface area (TPSA) is 12.9 Å². The molecule has 0 N–H and O–H groups in total. The lowest BCUT2D eigenvalue weighted by atomic mass is 10.3. The maximum absolute atomic E-state index is 4.32. The van der Waals surface area contributed by atoms with E-state index in [0.717, 1.165) is 15.9 Å². The van der Waals surface area contributed by atoms with Gasteiger partial charge in [-0.2, -0.15) is 0 Å². The summed E-state index contributed by atoms with van der Waals surface area (Å²) in [7, 11) is 0. The van der Waals surface area contributed by atoms with Crippen LogP contribution in [-0.4, -0.2) is 11.2 Å². The zero-order valence-corrected chi connectivity index (χ0v) is 9.21. The fourth-order valence-corrected chi connectivity index (χ4v) is 2.23. The third kappa shape index (κ3) is 1.97. The third-order valence-corrected chi connectivity index (χ3v) is 3.46. The Bertz CT molecular complexity index is 273. The van der Waals surface area contributed by atoms with Crippen LogP contribution in [0.15, 0.2) is 15.4 Å². The van der Waals surface area contributed by atoms with E-state index in [4.69, 9.17) is 0 Å². The summed E-state index contributed by atoms with van der Waals surface area (Å²) in [5.74, 6) is 0. The third-order valence-electron chi connectivity index (χ3n) is 1.44. The number of thioether (sulfide) groups is 1. The smallest absolute Gasteiger partial charge is 0.0529 e. The molecule has 0 unspecified atom stereocenters. The molecular weight excluding hydrogens is 222 g/mol. The molecule has 0 saturated carbocycles. The molecule has 0 aromatic carbocycles. The van der Waals surface area contributed by atoms with Gasteiger partial charge in [0, 0.05) is 10.6 Å². The fraction of sp³-hybridized carbons (Fsp3) is 0.375. The van der Waals surface area contributed by atoms with Gasteiger partial charge in [-0.3, -0.25) is 4.98 Å². The van der Waals surface area contributed by atoms with Gasteiger partial charge in [-0.25, -0.2) is 0 Å². The summed E-state index contributed by atoms with van der Waals surface area (Å²) in [6.07, 6.45) is 2.07. The number of aryl methyl sites for hydroxylation is 2. The van der Waals surface area contributed by atoms with Gasteiger partial charge in [0.2, 0.25) is 0 Å². The average molecular weight is 232 g/mol. The van der Waals surface area contributed by atoms with E-state index in [-0.39, 0.29) is 0 Å². The van der Waals surface area contributed by atoms with Crippen LogP contribution < -0.4 is 0 Å². The van der Waals surface area contributed by atoms with Crippen molar-refractivity contribution in [2.45, 2.75) is 18.7 Å². The van der Waals surface area contributed by atoms with Gasteiger partial charge in [0.05, 0.1) is 10.2 Å². The van der Waals surface area contributed by atoms with Crippen molar-refractivity contribution in [3.63, 3.8) is 0 Å². The van der Waals surface area contributed by atoms with Gasteiger partial charge in [0.15, 0.2) is 0 Å². The molecule has 0 bridgehead atoms. The highest BCUT2D eigenvalue weighted by Gasteiger charge is 2.03. The zero-order chi connectivity index (χ0) is 8.43. The second-order valence-corrected chi connectivity index (χ2v) is 4.01. The van der Waals surface area contributed by atoms with Crippen LogP contribution >= 0.6 is 27.7 Å². The molecule has 11 heavy (non-hydrogen) atoms. The lowest BCUT2D eigenvalue weighted by Gasteiger charge is -2.04. The van der Waals surface area contributed by atoms with Crippen molar-refractivity contribution in [3.8, 4) is 0 Å². The van der Waals surface area contributed by atoms with E-state index in [1.807, 2.05) is 13.8 Å². The molecule has 1 aromatic heterocycles. The van der Waals surface area contributed by atoms with Crippen molar-refractivity contribution in [2.24, 2.45) is 0 Å². The van der Waals surface area contributed by atoms with E-state index in [9.17, 15) is 0 Å². The lowest BCUT2D eigenvalue weighted by Crippen LogP contribution is -1.88. The maximum atomic E-state index is 4.32. The minimum Gasteiger partial charge on any atom is -0.257 e. The molecule has 1 heterocycles. The lowest BCUT2D eigenvalue weighted by molar-refractivity contribution is 1.07. The molecule has 0 aliphatic carbocycles. The Morgan fingerprint density at radius 2 is 2.09 bits per heavy atom. The number of hydrogen-bond acceptors (Lipinski definition) is 2. The first-order chi connectivity index (χ1) is 5.15. The predicted molar refractivity (Wildman–Crippen MR) is 53.2 cm³/mol. The second-order valence-electron chi connectivity index (χ2n) is 2.37. The number of pyridine rings is 1. The first-order valence-electron chi connectivity index (χ1n) is 3.33. The van der Waals surface area contributed by atoms with Gasteiger partial charge < -0.3 is 0 Å². The first-order valence-corrected chi connectivity index (χ1v) is 5.34. The molecule has 0 spiro atoms. The number of hydrogen-bond donors (Lipinski definition) is 0. The first kappa shape index (κ1) is 9.07. The molecule has 60 valence electrons. The van der Waals surface area contributed by atoms with Gasteiger partial charge >= 0.3 is 0 Å². The number of aromatic nitrogens is 1. The van der Waals surface area contributed by atoms with Gasteiger partial charge in [-0.1, -0.05) is 0 Å². The fourth-order valence-electron chi connectivity index (χ4n) is 0.926. The summed E-state index contributed by atoms with van der Waals surface area (Å²) >= 11 is 5.23. The van der Waals surface area contributed by atoms with Crippen molar-refractivity contribution >= 4 is 27.7 Å². The monoisotopic (exact) mass is 231 g/mol. The molecule has 3 heteroatoms. The van der Waals surface area contributed by atoms with E-state index in [0.29, 0.717) is 0 Å². The molecule has 1 nitrogen and oxygen atoms in total. The van der Waals surface area contributed by atoms with E-state index >= 15 is 0 Å². The standard InChI is InChI=1S/C8H10BrNS/c1-5-4-7(11-3)8(9)6(2)10-5/h4H,1-3H3. The Morgan fingerprint density at radius 1 is 1.45 bits per heavy atom. The zero-order valence-electron chi connectivity index (χ0n) is 6.81. The van der Waals surface area contributed by atoms with Crippen LogP contribution in [0.5, 0.6) is 0 Å². The van der Waals surface area contributed by atoms with E-state index in [1.165, 1.54) is 4.90 Å². The van der Waals surface area contributed by atoms with Crippen molar-refractivity contribution in [2.75, 3.05) is 6.26 Å².